The molecule has 1 aromatic heterocycles. The summed E-state index contributed by atoms with van der Waals surface area (Å²) in [5.74, 6) is -0.449. The molecule has 0 radical (unpaired) electrons. The first-order valence-electron chi connectivity index (χ1n) is 9.89. The lowest BCUT2D eigenvalue weighted by Crippen LogP contribution is -2.25. The number of nitrogens with one attached hydrogen (secondary N) is 1. The quantitative estimate of drug-likeness (QED) is 0.699. The van der Waals surface area contributed by atoms with Gasteiger partial charge < -0.3 is 10.2 Å². The van der Waals surface area contributed by atoms with Gasteiger partial charge in [-0.15, -0.1) is 0 Å². The van der Waals surface area contributed by atoms with E-state index in [-0.39, 0.29) is 11.7 Å². The van der Waals surface area contributed by atoms with E-state index in [2.05, 4.69) is 21.4 Å². The van der Waals surface area contributed by atoms with Gasteiger partial charge in [-0.05, 0) is 68.8 Å². The van der Waals surface area contributed by atoms with E-state index in [0.29, 0.717) is 12.2 Å². The molecule has 1 heterocycles. The normalized spacial score (nSPS) is 13.0. The van der Waals surface area contributed by atoms with E-state index >= 15 is 0 Å². The monoisotopic (exact) mass is 392 g/mol. The van der Waals surface area contributed by atoms with E-state index in [0.717, 1.165) is 48.3 Å². The van der Waals surface area contributed by atoms with E-state index in [9.17, 15) is 9.18 Å². The number of fused-ring (bicyclic) bond motifs is 1. The molecular weight excluding hydrogens is 367 g/mol. The van der Waals surface area contributed by atoms with Gasteiger partial charge in [-0.25, -0.2) is 9.07 Å². The lowest BCUT2D eigenvalue weighted by molar-refractivity contribution is 0.0944. The minimum absolute atomic E-state index is 0.163. The SMILES string of the molecule is CN(C)Cc1ccccc1CNC(=O)c1nn(-c2ccc(F)cc2)c2c1CCC2. The van der Waals surface area contributed by atoms with Crippen LogP contribution in [-0.4, -0.2) is 34.7 Å². The molecular formula is C23H25FN4O. The van der Waals surface area contributed by atoms with E-state index in [1.807, 2.05) is 32.3 Å². The molecule has 0 saturated carbocycles. The first-order valence-corrected chi connectivity index (χ1v) is 9.89. The van der Waals surface area contributed by atoms with Crippen LogP contribution in [0.4, 0.5) is 4.39 Å². The van der Waals surface area contributed by atoms with Gasteiger partial charge in [0.25, 0.3) is 5.91 Å². The zero-order valence-corrected chi connectivity index (χ0v) is 16.8. The van der Waals surface area contributed by atoms with Crippen LogP contribution < -0.4 is 5.32 Å². The fraction of sp³-hybridized carbons (Fsp3) is 0.304. The third-order valence-electron chi connectivity index (χ3n) is 5.26. The fourth-order valence-electron chi connectivity index (χ4n) is 3.90. The van der Waals surface area contributed by atoms with Gasteiger partial charge in [0.2, 0.25) is 0 Å². The largest absolute Gasteiger partial charge is 0.347 e. The van der Waals surface area contributed by atoms with Crippen LogP contribution in [0.15, 0.2) is 48.5 Å². The van der Waals surface area contributed by atoms with E-state index in [1.165, 1.54) is 17.7 Å². The molecule has 0 fully saturated rings. The molecule has 0 aliphatic heterocycles. The van der Waals surface area contributed by atoms with Crippen LogP contribution in [0.25, 0.3) is 5.69 Å². The molecule has 5 nitrogen and oxygen atoms in total. The Labute approximate surface area is 170 Å². The lowest BCUT2D eigenvalue weighted by Gasteiger charge is -2.14. The Bertz CT molecular complexity index is 1020. The van der Waals surface area contributed by atoms with E-state index in [1.54, 1.807) is 16.8 Å². The van der Waals surface area contributed by atoms with Crippen molar-refractivity contribution in [3.05, 3.63) is 82.4 Å². The van der Waals surface area contributed by atoms with Gasteiger partial charge in [-0.1, -0.05) is 24.3 Å². The van der Waals surface area contributed by atoms with Crippen molar-refractivity contribution in [3.63, 3.8) is 0 Å². The fourth-order valence-corrected chi connectivity index (χ4v) is 3.90. The standard InChI is InChI=1S/C23H25FN4O/c1-27(2)15-17-7-4-3-6-16(17)14-25-23(29)22-20-8-5-9-21(20)28(26-22)19-12-10-18(24)11-13-19/h3-4,6-7,10-13H,5,8-9,14-15H2,1-2H3,(H,25,29). The van der Waals surface area contributed by atoms with Crippen molar-refractivity contribution >= 4 is 5.91 Å². The van der Waals surface area contributed by atoms with Crippen LogP contribution in [-0.2, 0) is 25.9 Å². The summed E-state index contributed by atoms with van der Waals surface area (Å²) in [7, 11) is 4.06. The average Bonchev–Trinajstić information content (AvgIpc) is 3.30. The predicted octanol–water partition coefficient (Wildman–Crippen LogP) is 3.49. The first-order chi connectivity index (χ1) is 14.0. The smallest absolute Gasteiger partial charge is 0.272 e. The van der Waals surface area contributed by atoms with Gasteiger partial charge in [0.05, 0.1) is 5.69 Å². The number of rotatable bonds is 6. The zero-order chi connectivity index (χ0) is 20.4. The third kappa shape index (κ3) is 4.07. The number of nitrogens with zero attached hydrogens (tertiary/aromatic N) is 3. The molecule has 0 spiro atoms. The Balaban J connectivity index is 1.56. The van der Waals surface area contributed by atoms with Crippen LogP contribution >= 0.6 is 0 Å². The Morgan fingerprint density at radius 2 is 1.83 bits per heavy atom. The van der Waals surface area contributed by atoms with Crippen molar-refractivity contribution < 1.29 is 9.18 Å². The van der Waals surface area contributed by atoms with Crippen molar-refractivity contribution in [3.8, 4) is 5.69 Å². The molecule has 4 rings (SSSR count). The van der Waals surface area contributed by atoms with Crippen LogP contribution in [0.3, 0.4) is 0 Å². The summed E-state index contributed by atoms with van der Waals surface area (Å²) in [4.78, 5) is 15.1. The molecule has 29 heavy (non-hydrogen) atoms. The molecule has 0 atom stereocenters. The Kier molecular flexibility index (Phi) is 5.45. The molecule has 1 aliphatic carbocycles. The maximum Gasteiger partial charge on any atom is 0.272 e. The lowest BCUT2D eigenvalue weighted by atomic mass is 10.1. The Hall–Kier alpha value is -2.99. The molecule has 0 unspecified atom stereocenters. The van der Waals surface area contributed by atoms with E-state index in [4.69, 9.17) is 0 Å². The highest BCUT2D eigenvalue weighted by molar-refractivity contribution is 5.94. The maximum absolute atomic E-state index is 13.3. The Morgan fingerprint density at radius 1 is 1.10 bits per heavy atom. The highest BCUT2D eigenvalue weighted by atomic mass is 19.1. The van der Waals surface area contributed by atoms with Crippen molar-refractivity contribution in [2.45, 2.75) is 32.4 Å². The average molecular weight is 392 g/mol. The predicted molar refractivity (Wildman–Crippen MR) is 111 cm³/mol. The number of benzene rings is 2. The van der Waals surface area contributed by atoms with Gasteiger partial charge in [-0.2, -0.15) is 5.10 Å². The second-order valence-corrected chi connectivity index (χ2v) is 7.70. The number of carbonyl (C=O) groups is 1. The summed E-state index contributed by atoms with van der Waals surface area (Å²) in [6, 6.07) is 14.4. The first kappa shape index (κ1) is 19.3. The van der Waals surface area contributed by atoms with Gasteiger partial charge in [0, 0.05) is 24.3 Å². The summed E-state index contributed by atoms with van der Waals surface area (Å²) in [6.45, 7) is 1.28. The van der Waals surface area contributed by atoms with Gasteiger partial charge in [0.15, 0.2) is 5.69 Å². The molecule has 150 valence electrons. The molecule has 1 N–H and O–H groups in total. The van der Waals surface area contributed by atoms with Crippen molar-refractivity contribution in [1.82, 2.24) is 20.0 Å². The number of hydrogen-bond acceptors (Lipinski definition) is 3. The molecule has 2 aromatic carbocycles. The van der Waals surface area contributed by atoms with Crippen LogP contribution in [0.2, 0.25) is 0 Å². The zero-order valence-electron chi connectivity index (χ0n) is 16.8. The molecule has 0 saturated heterocycles. The van der Waals surface area contributed by atoms with Crippen LogP contribution in [0, 0.1) is 5.82 Å². The number of halogens is 1. The highest BCUT2D eigenvalue weighted by Gasteiger charge is 2.27. The number of aromatic nitrogens is 2. The molecule has 1 aliphatic rings. The summed E-state index contributed by atoms with van der Waals surface area (Å²) in [6.07, 6.45) is 2.72. The Morgan fingerprint density at radius 3 is 2.55 bits per heavy atom. The van der Waals surface area contributed by atoms with E-state index < -0.39 is 0 Å². The van der Waals surface area contributed by atoms with Gasteiger partial charge in [0.1, 0.15) is 5.82 Å². The van der Waals surface area contributed by atoms with Crippen molar-refractivity contribution in [2.75, 3.05) is 14.1 Å². The van der Waals surface area contributed by atoms with Gasteiger partial charge >= 0.3 is 0 Å². The summed E-state index contributed by atoms with van der Waals surface area (Å²) in [5.41, 5.74) is 5.61. The maximum atomic E-state index is 13.3. The van der Waals surface area contributed by atoms with Crippen LogP contribution in [0.5, 0.6) is 0 Å². The molecule has 0 bridgehead atoms. The van der Waals surface area contributed by atoms with Crippen LogP contribution in [0.1, 0.15) is 39.3 Å². The number of amides is 1. The summed E-state index contributed by atoms with van der Waals surface area (Å²) in [5, 5.41) is 7.63. The minimum atomic E-state index is -0.285. The minimum Gasteiger partial charge on any atom is -0.347 e. The topological polar surface area (TPSA) is 50.2 Å². The summed E-state index contributed by atoms with van der Waals surface area (Å²) >= 11 is 0. The number of carbonyl (C=O) groups excluding carboxylic acids is 1. The number of hydrogen-bond donors (Lipinski definition) is 1. The third-order valence-corrected chi connectivity index (χ3v) is 5.26. The molecule has 1 amide bonds. The molecule has 3 aromatic rings. The molecule has 6 heteroatoms. The highest BCUT2D eigenvalue weighted by Crippen LogP contribution is 2.28. The second kappa shape index (κ2) is 8.17. The summed E-state index contributed by atoms with van der Waals surface area (Å²) < 4.78 is 15.1. The second-order valence-electron chi connectivity index (χ2n) is 7.70. The van der Waals surface area contributed by atoms with Gasteiger partial charge in [-0.3, -0.25) is 4.79 Å². The van der Waals surface area contributed by atoms with Crippen molar-refractivity contribution in [1.29, 1.82) is 0 Å². The van der Waals surface area contributed by atoms with Crippen molar-refractivity contribution in [2.24, 2.45) is 0 Å².